The molecular formula is C33H39N3O4. The molecule has 7 heteroatoms. The molecule has 1 saturated heterocycles. The van der Waals surface area contributed by atoms with Crippen LogP contribution in [0.4, 0.5) is 0 Å². The first-order valence-electron chi connectivity index (χ1n) is 14.5. The normalized spacial score (nSPS) is 17.8. The second kappa shape index (κ2) is 13.5. The quantitative estimate of drug-likeness (QED) is 0.418. The summed E-state index contributed by atoms with van der Waals surface area (Å²) >= 11 is 0. The van der Waals surface area contributed by atoms with Crippen molar-refractivity contribution in [3.63, 3.8) is 0 Å². The number of benzene rings is 2. The fourth-order valence-corrected chi connectivity index (χ4v) is 5.74. The summed E-state index contributed by atoms with van der Waals surface area (Å²) in [6, 6.07) is 21.4. The summed E-state index contributed by atoms with van der Waals surface area (Å²) < 4.78 is 12.3. The van der Waals surface area contributed by atoms with Crippen LogP contribution in [0.3, 0.4) is 0 Å². The number of hydrogen-bond acceptors (Lipinski definition) is 5. The summed E-state index contributed by atoms with van der Waals surface area (Å²) in [5.41, 5.74) is 1.72. The molecular weight excluding hydrogens is 502 g/mol. The summed E-state index contributed by atoms with van der Waals surface area (Å²) in [5, 5.41) is 0. The minimum Gasteiger partial charge on any atom is -0.491 e. The smallest absolute Gasteiger partial charge is 0.257 e. The van der Waals surface area contributed by atoms with Gasteiger partial charge in [-0.25, -0.2) is 0 Å². The number of pyridine rings is 1. The number of ether oxygens (including phenoxy) is 2. The Balaban J connectivity index is 1.31. The molecule has 1 aromatic heterocycles. The van der Waals surface area contributed by atoms with Crippen molar-refractivity contribution in [1.29, 1.82) is 0 Å². The van der Waals surface area contributed by atoms with Crippen LogP contribution in [0, 0.1) is 5.41 Å². The monoisotopic (exact) mass is 541 g/mol. The van der Waals surface area contributed by atoms with Gasteiger partial charge >= 0.3 is 0 Å². The average molecular weight is 542 g/mol. The van der Waals surface area contributed by atoms with Crippen LogP contribution in [0.15, 0.2) is 79.1 Å². The Morgan fingerprint density at radius 3 is 2.50 bits per heavy atom. The highest BCUT2D eigenvalue weighted by molar-refractivity contribution is 5.97. The number of aromatic nitrogens is 1. The maximum atomic E-state index is 13.5. The lowest BCUT2D eigenvalue weighted by Gasteiger charge is -2.42. The van der Waals surface area contributed by atoms with Crippen LogP contribution < -0.4 is 9.47 Å². The molecule has 6 rings (SSSR count). The number of fused-ring (bicyclic) bond motifs is 9. The minimum absolute atomic E-state index is 0.00282. The number of nitrogens with zero attached hydrogens (tertiary/aromatic N) is 3. The summed E-state index contributed by atoms with van der Waals surface area (Å²) in [7, 11) is 0. The number of piperidine rings is 1. The number of carbonyl (C=O) groups excluding carboxylic acids is 2. The number of carbonyl (C=O) groups is 2. The van der Waals surface area contributed by atoms with Gasteiger partial charge in [0.25, 0.3) is 5.91 Å². The Bertz CT molecular complexity index is 1240. The maximum Gasteiger partial charge on any atom is 0.257 e. The van der Waals surface area contributed by atoms with E-state index in [9.17, 15) is 9.59 Å². The summed E-state index contributed by atoms with van der Waals surface area (Å²) in [6.07, 6.45) is 9.35. The van der Waals surface area contributed by atoms with E-state index in [4.69, 9.17) is 9.47 Å². The molecule has 4 heterocycles. The van der Waals surface area contributed by atoms with Gasteiger partial charge in [0.05, 0.1) is 24.9 Å². The third kappa shape index (κ3) is 7.20. The van der Waals surface area contributed by atoms with Crippen LogP contribution in [0.5, 0.6) is 11.5 Å². The highest BCUT2D eigenvalue weighted by Gasteiger charge is 2.37. The molecule has 1 fully saturated rings. The maximum absolute atomic E-state index is 13.5. The van der Waals surface area contributed by atoms with E-state index in [1.54, 1.807) is 12.4 Å². The van der Waals surface area contributed by atoms with Crippen molar-refractivity contribution in [2.45, 2.75) is 44.9 Å². The van der Waals surface area contributed by atoms with Gasteiger partial charge in [0.1, 0.15) is 18.1 Å². The first-order chi connectivity index (χ1) is 19.6. The molecule has 0 unspecified atom stereocenters. The van der Waals surface area contributed by atoms with Crippen molar-refractivity contribution >= 4 is 11.8 Å². The SMILES string of the molecule is O=C(CCc1ccccc1)N1CCCCC2(COc3cccnc3)CCN(CC2)C(=O)c2ccccc2OCC1. The van der Waals surface area contributed by atoms with Crippen molar-refractivity contribution in [3.8, 4) is 11.5 Å². The van der Waals surface area contributed by atoms with E-state index in [1.807, 2.05) is 64.4 Å². The molecule has 0 atom stereocenters. The third-order valence-corrected chi connectivity index (χ3v) is 8.24. The number of hydrogen-bond donors (Lipinski definition) is 0. The summed E-state index contributed by atoms with van der Waals surface area (Å²) in [5.74, 6) is 1.49. The van der Waals surface area contributed by atoms with Gasteiger partial charge in [-0.2, -0.15) is 0 Å². The minimum atomic E-state index is -0.0229. The van der Waals surface area contributed by atoms with Crippen LogP contribution >= 0.6 is 0 Å². The second-order valence-corrected chi connectivity index (χ2v) is 10.9. The van der Waals surface area contributed by atoms with E-state index in [0.717, 1.165) is 44.3 Å². The number of rotatable bonds is 6. The van der Waals surface area contributed by atoms with Gasteiger partial charge in [0.2, 0.25) is 5.91 Å². The van der Waals surface area contributed by atoms with Crippen LogP contribution in [-0.2, 0) is 11.2 Å². The lowest BCUT2D eigenvalue weighted by atomic mass is 9.75. The Kier molecular flexibility index (Phi) is 9.32. The predicted molar refractivity (Wildman–Crippen MR) is 154 cm³/mol. The Hall–Kier alpha value is -3.87. The second-order valence-electron chi connectivity index (χ2n) is 10.9. The molecule has 3 aliphatic rings. The Labute approximate surface area is 237 Å². The van der Waals surface area contributed by atoms with Crippen molar-refractivity contribution < 1.29 is 19.1 Å². The zero-order chi connectivity index (χ0) is 27.6. The molecule has 0 saturated carbocycles. The molecule has 2 bridgehead atoms. The molecule has 0 aliphatic carbocycles. The Morgan fingerprint density at radius 1 is 0.900 bits per heavy atom. The molecule has 0 N–H and O–H groups in total. The first kappa shape index (κ1) is 27.7. The molecule has 40 heavy (non-hydrogen) atoms. The number of para-hydroxylation sites is 1. The predicted octanol–water partition coefficient (Wildman–Crippen LogP) is 5.41. The van der Waals surface area contributed by atoms with Crippen molar-refractivity contribution in [2.24, 2.45) is 5.41 Å². The van der Waals surface area contributed by atoms with Gasteiger partial charge in [-0.05, 0) is 61.9 Å². The van der Waals surface area contributed by atoms with E-state index in [2.05, 4.69) is 17.1 Å². The van der Waals surface area contributed by atoms with Gasteiger partial charge < -0.3 is 19.3 Å². The number of aryl methyl sites for hydroxylation is 1. The van der Waals surface area contributed by atoms with Crippen LogP contribution in [-0.4, -0.2) is 66.0 Å². The molecule has 3 aliphatic heterocycles. The van der Waals surface area contributed by atoms with E-state index in [-0.39, 0.29) is 17.2 Å². The molecule has 7 nitrogen and oxygen atoms in total. The Morgan fingerprint density at radius 2 is 1.70 bits per heavy atom. The van der Waals surface area contributed by atoms with Gasteiger partial charge in [0.15, 0.2) is 0 Å². The summed E-state index contributed by atoms with van der Waals surface area (Å²) in [6.45, 7) is 3.52. The zero-order valence-corrected chi connectivity index (χ0v) is 23.2. The van der Waals surface area contributed by atoms with Gasteiger partial charge in [-0.3, -0.25) is 14.6 Å². The molecule has 0 radical (unpaired) electrons. The molecule has 0 spiro atoms. The van der Waals surface area contributed by atoms with Gasteiger partial charge in [-0.15, -0.1) is 0 Å². The summed E-state index contributed by atoms with van der Waals surface area (Å²) in [4.78, 5) is 34.9. The lowest BCUT2D eigenvalue weighted by Crippen LogP contribution is -2.45. The van der Waals surface area contributed by atoms with Crippen molar-refractivity contribution in [2.75, 3.05) is 39.4 Å². The highest BCUT2D eigenvalue weighted by atomic mass is 16.5. The third-order valence-electron chi connectivity index (χ3n) is 8.24. The van der Waals surface area contributed by atoms with E-state index < -0.39 is 0 Å². The fourth-order valence-electron chi connectivity index (χ4n) is 5.74. The van der Waals surface area contributed by atoms with E-state index in [0.29, 0.717) is 57.1 Å². The molecule has 2 amide bonds. The molecule has 2 aromatic carbocycles. The topological polar surface area (TPSA) is 72.0 Å². The lowest BCUT2D eigenvalue weighted by molar-refractivity contribution is -0.131. The zero-order valence-electron chi connectivity index (χ0n) is 23.2. The average Bonchev–Trinajstić information content (AvgIpc) is 3.01. The van der Waals surface area contributed by atoms with Gasteiger partial charge in [-0.1, -0.05) is 48.9 Å². The van der Waals surface area contributed by atoms with Crippen LogP contribution in [0.1, 0.15) is 54.4 Å². The van der Waals surface area contributed by atoms with Crippen molar-refractivity contribution in [3.05, 3.63) is 90.3 Å². The highest BCUT2D eigenvalue weighted by Crippen LogP contribution is 2.38. The fraction of sp³-hybridized carbons (Fsp3) is 0.424. The molecule has 210 valence electrons. The van der Waals surface area contributed by atoms with E-state index in [1.165, 1.54) is 5.56 Å². The largest absolute Gasteiger partial charge is 0.491 e. The molecule has 3 aromatic rings. The number of amides is 2. The first-order valence-corrected chi connectivity index (χ1v) is 14.5. The van der Waals surface area contributed by atoms with Crippen molar-refractivity contribution in [1.82, 2.24) is 14.8 Å². The van der Waals surface area contributed by atoms with E-state index >= 15 is 0 Å². The van der Waals surface area contributed by atoms with Gasteiger partial charge in [0, 0.05) is 37.7 Å². The van der Waals surface area contributed by atoms with Crippen LogP contribution in [0.2, 0.25) is 0 Å². The standard InChI is InChI=1S/C33H39N3O4/c37-31(15-14-27-9-2-1-3-10-27)35-20-7-6-16-33(26-40-28-11-8-19-34-25-28)17-21-36(22-18-33)32(38)29-12-4-5-13-30(29)39-24-23-35/h1-5,8-13,19,25H,6-7,14-18,20-24,26H2. The van der Waals surface area contributed by atoms with Crippen LogP contribution in [0.25, 0.3) is 0 Å².